The number of thioether (sulfide) groups is 1. The van der Waals surface area contributed by atoms with Gasteiger partial charge in [-0.3, -0.25) is 19.3 Å². The Labute approximate surface area is 222 Å². The second-order valence-electron chi connectivity index (χ2n) is 9.90. The van der Waals surface area contributed by atoms with E-state index >= 15 is 0 Å². The number of rotatable bonds is 7. The maximum Gasteiger partial charge on any atom is 0.294 e. The number of amides is 3. The second-order valence-corrected chi connectivity index (χ2v) is 10.9. The van der Waals surface area contributed by atoms with Crippen LogP contribution in [0, 0.1) is 6.92 Å². The van der Waals surface area contributed by atoms with E-state index in [2.05, 4.69) is 56.1 Å². The van der Waals surface area contributed by atoms with Gasteiger partial charge in [-0.1, -0.05) is 13.0 Å². The lowest BCUT2D eigenvalue weighted by Crippen LogP contribution is -2.45. The summed E-state index contributed by atoms with van der Waals surface area (Å²) in [4.78, 5) is 42.0. The Kier molecular flexibility index (Phi) is 7.50. The number of anilines is 2. The van der Waals surface area contributed by atoms with Crippen LogP contribution in [0.5, 0.6) is 5.75 Å². The fourth-order valence-corrected chi connectivity index (χ4v) is 5.66. The number of hydrogen-bond acceptors (Lipinski definition) is 6. The van der Waals surface area contributed by atoms with Crippen molar-refractivity contribution in [2.24, 2.45) is 0 Å². The van der Waals surface area contributed by atoms with Gasteiger partial charge in [-0.25, -0.2) is 0 Å². The first kappa shape index (κ1) is 26.5. The molecule has 0 spiro atoms. The van der Waals surface area contributed by atoms with Gasteiger partial charge < -0.3 is 15.0 Å². The van der Waals surface area contributed by atoms with E-state index in [0.29, 0.717) is 16.3 Å². The molecule has 0 aromatic heterocycles. The number of allylic oxidation sites excluding steroid dienone is 1. The molecule has 3 amide bonds. The Morgan fingerprint density at radius 3 is 2.49 bits per heavy atom. The van der Waals surface area contributed by atoms with Crippen LogP contribution in [-0.2, 0) is 9.59 Å². The van der Waals surface area contributed by atoms with Gasteiger partial charge in [0.25, 0.3) is 11.1 Å². The third kappa shape index (κ3) is 5.44. The summed E-state index contributed by atoms with van der Waals surface area (Å²) in [5, 5.41) is 2.26. The average molecular weight is 520 g/mol. The van der Waals surface area contributed by atoms with Crippen LogP contribution in [0.25, 0.3) is 11.6 Å². The van der Waals surface area contributed by atoms with Crippen molar-refractivity contribution in [3.63, 3.8) is 0 Å². The predicted molar refractivity (Wildman–Crippen MR) is 151 cm³/mol. The van der Waals surface area contributed by atoms with E-state index in [9.17, 15) is 14.4 Å². The number of nitrogens with zero attached hydrogens (tertiary/aromatic N) is 2. The van der Waals surface area contributed by atoms with Crippen molar-refractivity contribution >= 4 is 51.8 Å². The van der Waals surface area contributed by atoms with Gasteiger partial charge in [-0.15, -0.1) is 0 Å². The van der Waals surface area contributed by atoms with E-state index in [1.807, 2.05) is 6.92 Å². The molecule has 2 aromatic rings. The first-order chi connectivity index (χ1) is 17.5. The zero-order valence-corrected chi connectivity index (χ0v) is 23.0. The lowest BCUT2D eigenvalue weighted by Gasteiger charge is -2.43. The maximum atomic E-state index is 13.1. The minimum atomic E-state index is -0.460. The van der Waals surface area contributed by atoms with Crippen molar-refractivity contribution < 1.29 is 19.1 Å². The fraction of sp³-hybridized carbons (Fsp3) is 0.345. The molecule has 1 fully saturated rings. The number of carbonyl (C=O) groups is 3. The molecule has 0 atom stereocenters. The summed E-state index contributed by atoms with van der Waals surface area (Å²) in [6, 6.07) is 11.1. The number of nitrogens with one attached hydrogen (secondary N) is 1. The third-order valence-electron chi connectivity index (χ3n) is 6.65. The molecule has 4 rings (SSSR count). The molecule has 0 unspecified atom stereocenters. The van der Waals surface area contributed by atoms with E-state index in [0.717, 1.165) is 46.3 Å². The van der Waals surface area contributed by atoms with Gasteiger partial charge in [0, 0.05) is 23.5 Å². The number of hydrogen-bond donors (Lipinski definition) is 1. The summed E-state index contributed by atoms with van der Waals surface area (Å²) >= 11 is 0.862. The van der Waals surface area contributed by atoms with Gasteiger partial charge in [-0.2, -0.15) is 0 Å². The Morgan fingerprint density at radius 1 is 1.14 bits per heavy atom. The second kappa shape index (κ2) is 10.5. The van der Waals surface area contributed by atoms with Crippen LogP contribution in [0.4, 0.5) is 16.2 Å². The van der Waals surface area contributed by atoms with E-state index in [1.165, 1.54) is 11.3 Å². The number of carbonyl (C=O) groups excluding carboxylic acids is 3. The van der Waals surface area contributed by atoms with Gasteiger partial charge in [0.05, 0.1) is 17.6 Å². The quantitative estimate of drug-likeness (QED) is 0.446. The lowest BCUT2D eigenvalue weighted by atomic mass is 9.86. The van der Waals surface area contributed by atoms with Gasteiger partial charge in [0.15, 0.2) is 0 Å². The summed E-state index contributed by atoms with van der Waals surface area (Å²) in [7, 11) is 1.56. The van der Waals surface area contributed by atoms with Crippen LogP contribution in [0.3, 0.4) is 0 Å². The molecular formula is C29H33N3O4S. The van der Waals surface area contributed by atoms with Crippen LogP contribution < -0.4 is 15.0 Å². The van der Waals surface area contributed by atoms with Crippen molar-refractivity contribution in [2.75, 3.05) is 30.4 Å². The predicted octanol–water partition coefficient (Wildman–Crippen LogP) is 6.09. The SMILES string of the molecule is CCCN1c2cc(C)c(/C=C3/SC(=O)N(CC(=O)Nc4ccc(OC)cc4)C3=O)cc2C(C)=CC1(C)C. The first-order valence-corrected chi connectivity index (χ1v) is 13.2. The van der Waals surface area contributed by atoms with E-state index in [4.69, 9.17) is 4.74 Å². The highest BCUT2D eigenvalue weighted by Gasteiger charge is 2.37. The Morgan fingerprint density at radius 2 is 1.84 bits per heavy atom. The summed E-state index contributed by atoms with van der Waals surface area (Å²) in [5.74, 6) is -0.241. The number of methoxy groups -OCH3 is 1. The summed E-state index contributed by atoms with van der Waals surface area (Å²) in [5.41, 5.74) is 5.88. The number of ether oxygens (including phenoxy) is 1. The smallest absolute Gasteiger partial charge is 0.294 e. The van der Waals surface area contributed by atoms with Gasteiger partial charge in [0.2, 0.25) is 5.91 Å². The minimum absolute atomic E-state index is 0.0872. The molecule has 0 radical (unpaired) electrons. The lowest BCUT2D eigenvalue weighted by molar-refractivity contribution is -0.127. The van der Waals surface area contributed by atoms with Crippen molar-refractivity contribution in [2.45, 2.75) is 46.6 Å². The highest BCUT2D eigenvalue weighted by Crippen LogP contribution is 2.41. The number of aryl methyl sites for hydroxylation is 1. The zero-order chi connectivity index (χ0) is 26.9. The first-order valence-electron chi connectivity index (χ1n) is 12.4. The molecular weight excluding hydrogens is 486 g/mol. The maximum absolute atomic E-state index is 13.1. The van der Waals surface area contributed by atoms with Crippen molar-refractivity contribution in [3.05, 3.63) is 64.1 Å². The average Bonchev–Trinajstić information content (AvgIpc) is 3.10. The summed E-state index contributed by atoms with van der Waals surface area (Å²) in [6.45, 7) is 11.3. The summed E-state index contributed by atoms with van der Waals surface area (Å²) in [6.07, 6.45) is 5.08. The normalized spacial score (nSPS) is 17.7. The Balaban J connectivity index is 1.54. The number of imide groups is 1. The number of fused-ring (bicyclic) bond motifs is 1. The van der Waals surface area contributed by atoms with Crippen LogP contribution in [-0.4, -0.2) is 47.7 Å². The largest absolute Gasteiger partial charge is 0.497 e. The molecule has 8 heteroatoms. The molecule has 7 nitrogen and oxygen atoms in total. The van der Waals surface area contributed by atoms with Crippen LogP contribution in [0.2, 0.25) is 0 Å². The summed E-state index contributed by atoms with van der Waals surface area (Å²) < 4.78 is 5.12. The molecule has 2 heterocycles. The number of benzene rings is 2. The molecule has 0 saturated carbocycles. The fourth-order valence-electron chi connectivity index (χ4n) is 4.83. The zero-order valence-electron chi connectivity index (χ0n) is 22.2. The Hall–Kier alpha value is -3.52. The van der Waals surface area contributed by atoms with Crippen LogP contribution in [0.1, 0.15) is 50.8 Å². The van der Waals surface area contributed by atoms with Crippen LogP contribution in [0.15, 0.2) is 47.4 Å². The van der Waals surface area contributed by atoms with E-state index in [1.54, 1.807) is 37.5 Å². The molecule has 2 aliphatic rings. The molecule has 194 valence electrons. The molecule has 37 heavy (non-hydrogen) atoms. The Bertz CT molecular complexity index is 1310. The topological polar surface area (TPSA) is 79.0 Å². The third-order valence-corrected chi connectivity index (χ3v) is 7.56. The van der Waals surface area contributed by atoms with Gasteiger partial charge in [0.1, 0.15) is 12.3 Å². The van der Waals surface area contributed by atoms with Crippen LogP contribution >= 0.6 is 11.8 Å². The monoisotopic (exact) mass is 519 g/mol. The van der Waals surface area contributed by atoms with Gasteiger partial charge in [-0.05, 0) is 105 Å². The van der Waals surface area contributed by atoms with Crippen molar-refractivity contribution in [1.82, 2.24) is 4.90 Å². The van der Waals surface area contributed by atoms with Crippen molar-refractivity contribution in [3.8, 4) is 5.75 Å². The molecule has 1 saturated heterocycles. The van der Waals surface area contributed by atoms with Gasteiger partial charge >= 0.3 is 0 Å². The molecule has 1 N–H and O–H groups in total. The van der Waals surface area contributed by atoms with E-state index in [-0.39, 0.29) is 12.1 Å². The van der Waals surface area contributed by atoms with E-state index < -0.39 is 17.1 Å². The standard InChI is InChI=1S/C29H33N3O4S/c1-7-12-32-24-13-18(2)20(14-23(24)19(3)16-29(32,4)5)15-25-27(34)31(28(35)37-25)17-26(33)30-21-8-10-22(36-6)11-9-21/h8-11,13-16H,7,12,17H2,1-6H3,(H,30,33)/b25-15+. The molecule has 0 bridgehead atoms. The highest BCUT2D eigenvalue weighted by atomic mass is 32.2. The molecule has 2 aliphatic heterocycles. The molecule has 2 aromatic carbocycles. The minimum Gasteiger partial charge on any atom is -0.497 e. The molecule has 0 aliphatic carbocycles. The van der Waals surface area contributed by atoms with Crippen molar-refractivity contribution in [1.29, 1.82) is 0 Å². The highest BCUT2D eigenvalue weighted by molar-refractivity contribution is 8.18.